The lowest BCUT2D eigenvalue weighted by molar-refractivity contribution is -0.121. The quantitative estimate of drug-likeness (QED) is 0.802. The molecule has 0 saturated carbocycles. The van der Waals surface area contributed by atoms with Gasteiger partial charge in [0.2, 0.25) is 5.91 Å². The van der Waals surface area contributed by atoms with Crippen LogP contribution in [-0.2, 0) is 10.2 Å². The van der Waals surface area contributed by atoms with E-state index in [4.69, 9.17) is 23.2 Å². The highest BCUT2D eigenvalue weighted by atomic mass is 35.5. The van der Waals surface area contributed by atoms with Gasteiger partial charge in [0.15, 0.2) is 0 Å². The maximum atomic E-state index is 12.1. The Labute approximate surface area is 149 Å². The molecule has 0 aliphatic carbocycles. The Morgan fingerprint density at radius 3 is 2.61 bits per heavy atom. The molecule has 1 aliphatic rings. The number of benzene rings is 1. The van der Waals surface area contributed by atoms with Crippen molar-refractivity contribution in [1.82, 2.24) is 10.6 Å². The van der Waals surface area contributed by atoms with Gasteiger partial charge in [-0.15, -0.1) is 0 Å². The van der Waals surface area contributed by atoms with Crippen molar-refractivity contribution in [2.45, 2.75) is 44.9 Å². The molecule has 1 aliphatic heterocycles. The lowest BCUT2D eigenvalue weighted by atomic mass is 9.84. The average Bonchev–Trinajstić information content (AvgIpc) is 2.54. The van der Waals surface area contributed by atoms with Crippen molar-refractivity contribution >= 4 is 29.1 Å². The van der Waals surface area contributed by atoms with Crippen molar-refractivity contribution in [1.29, 1.82) is 0 Å². The Morgan fingerprint density at radius 2 is 1.96 bits per heavy atom. The van der Waals surface area contributed by atoms with Crippen LogP contribution in [0.3, 0.4) is 0 Å². The van der Waals surface area contributed by atoms with E-state index in [0.717, 1.165) is 25.1 Å². The highest BCUT2D eigenvalue weighted by Gasteiger charge is 2.22. The van der Waals surface area contributed by atoms with Crippen molar-refractivity contribution in [3.63, 3.8) is 0 Å². The van der Waals surface area contributed by atoms with Gasteiger partial charge in [-0.1, -0.05) is 43.1 Å². The summed E-state index contributed by atoms with van der Waals surface area (Å²) in [5.74, 6) is 0.821. The van der Waals surface area contributed by atoms with E-state index in [0.29, 0.717) is 28.9 Å². The van der Waals surface area contributed by atoms with Crippen LogP contribution in [0.4, 0.5) is 0 Å². The molecule has 0 spiro atoms. The first kappa shape index (κ1) is 18.6. The molecule has 0 aromatic heterocycles. The lowest BCUT2D eigenvalue weighted by Crippen LogP contribution is -2.37. The number of carbonyl (C=O) groups excluding carboxylic acids is 1. The van der Waals surface area contributed by atoms with Crippen molar-refractivity contribution in [2.75, 3.05) is 19.6 Å². The molecule has 0 radical (unpaired) electrons. The van der Waals surface area contributed by atoms with Gasteiger partial charge in [0.1, 0.15) is 0 Å². The second-order valence-corrected chi connectivity index (χ2v) is 7.84. The standard InChI is InChI=1S/C18H26Cl2N2O/c1-18(2,14-4-5-15(19)16(20)11-14)12-22-17(23)6-3-13-7-9-21-10-8-13/h4-5,11,13,21H,3,6-10,12H2,1-2H3,(H,22,23). The summed E-state index contributed by atoms with van der Waals surface area (Å²) in [6.45, 7) is 6.95. The van der Waals surface area contributed by atoms with Crippen molar-refractivity contribution in [2.24, 2.45) is 5.92 Å². The zero-order chi connectivity index (χ0) is 16.9. The smallest absolute Gasteiger partial charge is 0.220 e. The zero-order valence-corrected chi connectivity index (χ0v) is 15.4. The first-order valence-corrected chi connectivity index (χ1v) is 9.07. The van der Waals surface area contributed by atoms with Crippen LogP contribution in [0, 0.1) is 5.92 Å². The van der Waals surface area contributed by atoms with Crippen LogP contribution in [0.1, 0.15) is 45.1 Å². The third-order valence-corrected chi connectivity index (χ3v) is 5.41. The number of hydrogen-bond donors (Lipinski definition) is 2. The van der Waals surface area contributed by atoms with Gasteiger partial charge in [0, 0.05) is 18.4 Å². The molecular formula is C18H26Cl2N2O. The molecule has 0 unspecified atom stereocenters. The van der Waals surface area contributed by atoms with Gasteiger partial charge < -0.3 is 10.6 Å². The second kappa shape index (κ2) is 8.36. The molecular weight excluding hydrogens is 331 g/mol. The lowest BCUT2D eigenvalue weighted by Gasteiger charge is -2.26. The third kappa shape index (κ3) is 5.66. The predicted octanol–water partition coefficient (Wildman–Crippen LogP) is 4.17. The molecule has 5 heteroatoms. The fourth-order valence-corrected chi connectivity index (χ4v) is 3.23. The minimum Gasteiger partial charge on any atom is -0.355 e. The molecule has 23 heavy (non-hydrogen) atoms. The van der Waals surface area contributed by atoms with E-state index in [1.54, 1.807) is 6.07 Å². The third-order valence-electron chi connectivity index (χ3n) is 4.67. The fourth-order valence-electron chi connectivity index (χ4n) is 2.93. The Morgan fingerprint density at radius 1 is 1.26 bits per heavy atom. The van der Waals surface area contributed by atoms with E-state index >= 15 is 0 Å². The van der Waals surface area contributed by atoms with Crippen LogP contribution in [0.25, 0.3) is 0 Å². The number of halogens is 2. The molecule has 1 saturated heterocycles. The van der Waals surface area contributed by atoms with Gasteiger partial charge in [0.25, 0.3) is 0 Å². The minimum absolute atomic E-state index is 0.136. The topological polar surface area (TPSA) is 41.1 Å². The summed E-state index contributed by atoms with van der Waals surface area (Å²) in [7, 11) is 0. The van der Waals surface area contributed by atoms with Gasteiger partial charge in [-0.2, -0.15) is 0 Å². The van der Waals surface area contributed by atoms with E-state index in [1.165, 1.54) is 12.8 Å². The first-order chi connectivity index (χ1) is 10.9. The van der Waals surface area contributed by atoms with Crippen molar-refractivity contribution < 1.29 is 4.79 Å². The molecule has 3 nitrogen and oxygen atoms in total. The van der Waals surface area contributed by atoms with E-state index in [1.807, 2.05) is 12.1 Å². The highest BCUT2D eigenvalue weighted by Crippen LogP contribution is 2.29. The van der Waals surface area contributed by atoms with E-state index in [-0.39, 0.29) is 11.3 Å². The van der Waals surface area contributed by atoms with Crippen molar-refractivity contribution in [3.8, 4) is 0 Å². The van der Waals surface area contributed by atoms with Gasteiger partial charge in [-0.3, -0.25) is 4.79 Å². The van der Waals surface area contributed by atoms with Crippen LogP contribution in [-0.4, -0.2) is 25.5 Å². The molecule has 1 aromatic rings. The predicted molar refractivity (Wildman–Crippen MR) is 97.3 cm³/mol. The molecule has 1 fully saturated rings. The molecule has 1 amide bonds. The van der Waals surface area contributed by atoms with Crippen LogP contribution in [0.15, 0.2) is 18.2 Å². The monoisotopic (exact) mass is 356 g/mol. The maximum absolute atomic E-state index is 12.1. The summed E-state index contributed by atoms with van der Waals surface area (Å²) >= 11 is 12.1. The number of carbonyl (C=O) groups is 1. The van der Waals surface area contributed by atoms with E-state index in [2.05, 4.69) is 24.5 Å². The molecule has 0 bridgehead atoms. The number of hydrogen-bond acceptors (Lipinski definition) is 2. The molecule has 1 heterocycles. The molecule has 1 aromatic carbocycles. The summed E-state index contributed by atoms with van der Waals surface area (Å²) in [5.41, 5.74) is 0.893. The number of amides is 1. The average molecular weight is 357 g/mol. The number of rotatable bonds is 6. The molecule has 0 atom stereocenters. The number of nitrogens with one attached hydrogen (secondary N) is 2. The summed E-state index contributed by atoms with van der Waals surface area (Å²) in [6, 6.07) is 5.65. The zero-order valence-electron chi connectivity index (χ0n) is 13.9. The summed E-state index contributed by atoms with van der Waals surface area (Å²) < 4.78 is 0. The summed E-state index contributed by atoms with van der Waals surface area (Å²) in [5, 5.41) is 7.52. The normalized spacial score (nSPS) is 16.3. The SMILES string of the molecule is CC(C)(CNC(=O)CCC1CCNCC1)c1ccc(Cl)c(Cl)c1. The van der Waals surface area contributed by atoms with Gasteiger partial charge in [-0.25, -0.2) is 0 Å². The highest BCUT2D eigenvalue weighted by molar-refractivity contribution is 6.42. The molecule has 2 N–H and O–H groups in total. The van der Waals surface area contributed by atoms with Crippen molar-refractivity contribution in [3.05, 3.63) is 33.8 Å². The Hall–Kier alpha value is -0.770. The van der Waals surface area contributed by atoms with Crippen LogP contribution < -0.4 is 10.6 Å². The summed E-state index contributed by atoms with van der Waals surface area (Å²) in [6.07, 6.45) is 3.97. The van der Waals surface area contributed by atoms with Gasteiger partial charge in [-0.05, 0) is 56.0 Å². The molecule has 2 rings (SSSR count). The first-order valence-electron chi connectivity index (χ1n) is 8.31. The Balaban J connectivity index is 1.80. The number of piperidine rings is 1. The Kier molecular flexibility index (Phi) is 6.75. The van der Waals surface area contributed by atoms with Gasteiger partial charge >= 0.3 is 0 Å². The largest absolute Gasteiger partial charge is 0.355 e. The fraction of sp³-hybridized carbons (Fsp3) is 0.611. The second-order valence-electron chi connectivity index (χ2n) is 7.02. The van der Waals surface area contributed by atoms with Crippen LogP contribution >= 0.6 is 23.2 Å². The summed E-state index contributed by atoms with van der Waals surface area (Å²) in [4.78, 5) is 12.1. The van der Waals surface area contributed by atoms with Crippen LogP contribution in [0.2, 0.25) is 10.0 Å². The molecule has 128 valence electrons. The van der Waals surface area contributed by atoms with Crippen LogP contribution in [0.5, 0.6) is 0 Å². The maximum Gasteiger partial charge on any atom is 0.220 e. The minimum atomic E-state index is -0.182. The van der Waals surface area contributed by atoms with Gasteiger partial charge in [0.05, 0.1) is 10.0 Å². The van der Waals surface area contributed by atoms with E-state index < -0.39 is 0 Å². The van der Waals surface area contributed by atoms with E-state index in [9.17, 15) is 4.79 Å². The Bertz CT molecular complexity index is 540.